The first-order valence-electron chi connectivity index (χ1n) is 5.01. The first-order valence-corrected chi connectivity index (χ1v) is 5.01. The molecule has 1 aliphatic rings. The maximum atomic E-state index is 12.2. The number of likely N-dealkylation sites (tertiary alicyclic amines) is 1. The minimum atomic E-state index is -4.75. The van der Waals surface area contributed by atoms with Crippen LogP contribution in [0.2, 0.25) is 0 Å². The average molecular weight is 221 g/mol. The van der Waals surface area contributed by atoms with Gasteiger partial charge in [0.15, 0.2) is 0 Å². The van der Waals surface area contributed by atoms with E-state index in [1.54, 1.807) is 12.2 Å². The number of allylic oxidation sites excluding steroid dienone is 1. The lowest BCUT2D eigenvalue weighted by molar-refractivity contribution is -0.185. The summed E-state index contributed by atoms with van der Waals surface area (Å²) in [6, 6.07) is -0.376. The molecule has 1 atom stereocenters. The fraction of sp³-hybridized carbons (Fsp3) is 0.700. The fourth-order valence-corrected chi connectivity index (χ4v) is 1.70. The van der Waals surface area contributed by atoms with E-state index in [1.807, 2.05) is 6.92 Å². The summed E-state index contributed by atoms with van der Waals surface area (Å²) >= 11 is 0. The maximum Gasteiger partial charge on any atom is 0.471 e. The molecule has 15 heavy (non-hydrogen) atoms. The third kappa shape index (κ3) is 2.97. The zero-order valence-electron chi connectivity index (χ0n) is 8.55. The zero-order chi connectivity index (χ0) is 11.5. The monoisotopic (exact) mass is 221 g/mol. The van der Waals surface area contributed by atoms with Crippen LogP contribution in [0.5, 0.6) is 0 Å². The van der Waals surface area contributed by atoms with Crippen molar-refractivity contribution in [2.75, 3.05) is 6.54 Å². The van der Waals surface area contributed by atoms with Gasteiger partial charge in [-0.3, -0.25) is 4.79 Å². The van der Waals surface area contributed by atoms with Crippen molar-refractivity contribution in [2.45, 2.75) is 38.4 Å². The molecule has 1 saturated heterocycles. The highest BCUT2D eigenvalue weighted by molar-refractivity contribution is 5.82. The second-order valence-corrected chi connectivity index (χ2v) is 3.54. The molecule has 0 radical (unpaired) electrons. The number of rotatable bonds is 2. The summed E-state index contributed by atoms with van der Waals surface area (Å²) in [6.07, 6.45) is 0.773. The van der Waals surface area contributed by atoms with Crippen molar-refractivity contribution in [3.8, 4) is 0 Å². The number of amides is 1. The summed E-state index contributed by atoms with van der Waals surface area (Å²) in [5.74, 6) is -1.72. The Morgan fingerprint density at radius 3 is 2.73 bits per heavy atom. The summed E-state index contributed by atoms with van der Waals surface area (Å²) in [5.41, 5.74) is 0. The van der Waals surface area contributed by atoms with Crippen molar-refractivity contribution in [2.24, 2.45) is 0 Å². The normalized spacial score (nSPS) is 22.7. The van der Waals surface area contributed by atoms with E-state index in [-0.39, 0.29) is 12.6 Å². The van der Waals surface area contributed by atoms with E-state index in [4.69, 9.17) is 0 Å². The lowest BCUT2D eigenvalue weighted by atomic mass is 10.2. The Kier molecular flexibility index (Phi) is 3.77. The molecular formula is C10H14F3NO. The predicted molar refractivity (Wildman–Crippen MR) is 50.2 cm³/mol. The van der Waals surface area contributed by atoms with Gasteiger partial charge in [-0.05, 0) is 19.3 Å². The van der Waals surface area contributed by atoms with Gasteiger partial charge >= 0.3 is 12.1 Å². The van der Waals surface area contributed by atoms with Gasteiger partial charge in [-0.25, -0.2) is 0 Å². The van der Waals surface area contributed by atoms with E-state index in [0.29, 0.717) is 12.8 Å². The van der Waals surface area contributed by atoms with Crippen LogP contribution in [0.15, 0.2) is 12.2 Å². The zero-order valence-corrected chi connectivity index (χ0v) is 8.55. The Morgan fingerprint density at radius 2 is 2.20 bits per heavy atom. The van der Waals surface area contributed by atoms with Gasteiger partial charge in [-0.1, -0.05) is 19.1 Å². The molecule has 1 heterocycles. The summed E-state index contributed by atoms with van der Waals surface area (Å²) < 4.78 is 36.5. The highest BCUT2D eigenvalue weighted by atomic mass is 19.4. The van der Waals surface area contributed by atoms with Crippen LogP contribution in [0, 0.1) is 0 Å². The largest absolute Gasteiger partial charge is 0.471 e. The summed E-state index contributed by atoms with van der Waals surface area (Å²) in [4.78, 5) is 11.9. The maximum absolute atomic E-state index is 12.2. The summed E-state index contributed by atoms with van der Waals surface area (Å²) in [5, 5.41) is 0. The van der Waals surface area contributed by atoms with E-state index in [0.717, 1.165) is 11.3 Å². The van der Waals surface area contributed by atoms with Crippen LogP contribution in [-0.4, -0.2) is 29.6 Å². The Bertz CT molecular complexity index is 260. The summed E-state index contributed by atoms with van der Waals surface area (Å²) in [6.45, 7) is 2.11. The van der Waals surface area contributed by atoms with Crippen LogP contribution in [0.3, 0.4) is 0 Å². The number of hydrogen-bond acceptors (Lipinski definition) is 1. The molecule has 1 amide bonds. The molecule has 86 valence electrons. The number of halogens is 3. The molecule has 0 N–H and O–H groups in total. The van der Waals surface area contributed by atoms with Gasteiger partial charge in [0, 0.05) is 6.54 Å². The van der Waals surface area contributed by atoms with Crippen LogP contribution in [0.1, 0.15) is 26.2 Å². The van der Waals surface area contributed by atoms with E-state index < -0.39 is 12.1 Å². The molecule has 0 aromatic carbocycles. The predicted octanol–water partition coefficient (Wildman–Crippen LogP) is 2.51. The highest BCUT2D eigenvalue weighted by Gasteiger charge is 2.45. The number of carbonyl (C=O) groups is 1. The number of alkyl halides is 3. The molecule has 0 saturated carbocycles. The van der Waals surface area contributed by atoms with Crippen molar-refractivity contribution < 1.29 is 18.0 Å². The molecule has 1 aliphatic heterocycles. The molecule has 0 aromatic heterocycles. The first-order chi connectivity index (χ1) is 6.96. The van der Waals surface area contributed by atoms with Gasteiger partial charge in [-0.15, -0.1) is 0 Å². The number of carbonyl (C=O) groups excluding carboxylic acids is 1. The van der Waals surface area contributed by atoms with Crippen molar-refractivity contribution in [3.63, 3.8) is 0 Å². The molecule has 1 unspecified atom stereocenters. The van der Waals surface area contributed by atoms with Crippen molar-refractivity contribution in [1.82, 2.24) is 4.90 Å². The molecule has 0 bridgehead atoms. The second-order valence-electron chi connectivity index (χ2n) is 3.54. The topological polar surface area (TPSA) is 20.3 Å². The minimum Gasteiger partial charge on any atom is -0.328 e. The van der Waals surface area contributed by atoms with Crippen LogP contribution < -0.4 is 0 Å². The van der Waals surface area contributed by atoms with Crippen molar-refractivity contribution in [1.29, 1.82) is 0 Å². The third-order valence-corrected chi connectivity index (χ3v) is 2.40. The minimum absolute atomic E-state index is 0.205. The summed E-state index contributed by atoms with van der Waals surface area (Å²) in [7, 11) is 0. The number of nitrogens with zero attached hydrogens (tertiary/aromatic N) is 1. The molecule has 0 aromatic rings. The van der Waals surface area contributed by atoms with Crippen LogP contribution >= 0.6 is 0 Å². The van der Waals surface area contributed by atoms with E-state index in [2.05, 4.69) is 0 Å². The Balaban J connectivity index is 2.68. The van der Waals surface area contributed by atoms with Crippen molar-refractivity contribution >= 4 is 5.91 Å². The van der Waals surface area contributed by atoms with Crippen molar-refractivity contribution in [3.05, 3.63) is 12.2 Å². The quantitative estimate of drug-likeness (QED) is 0.656. The van der Waals surface area contributed by atoms with Gasteiger partial charge in [0.25, 0.3) is 0 Å². The number of hydrogen-bond donors (Lipinski definition) is 0. The molecule has 1 rings (SSSR count). The third-order valence-electron chi connectivity index (χ3n) is 2.40. The van der Waals surface area contributed by atoms with Gasteiger partial charge in [0.2, 0.25) is 0 Å². The smallest absolute Gasteiger partial charge is 0.328 e. The van der Waals surface area contributed by atoms with Gasteiger partial charge < -0.3 is 4.90 Å². The molecular weight excluding hydrogens is 207 g/mol. The molecule has 0 aliphatic carbocycles. The second kappa shape index (κ2) is 4.68. The van der Waals surface area contributed by atoms with E-state index in [9.17, 15) is 18.0 Å². The highest BCUT2D eigenvalue weighted by Crippen LogP contribution is 2.26. The van der Waals surface area contributed by atoms with Gasteiger partial charge in [-0.2, -0.15) is 13.2 Å². The lowest BCUT2D eigenvalue weighted by Crippen LogP contribution is -2.43. The standard InChI is InChI=1S/C10H14F3NO/c1-2-3-5-8-6-4-7-14(8)9(15)10(11,12)13/h3,5,8H,2,4,6-7H2,1H3/b5-3+. The van der Waals surface area contributed by atoms with Gasteiger partial charge in [0.1, 0.15) is 0 Å². The molecule has 5 heteroatoms. The molecule has 2 nitrogen and oxygen atoms in total. The SMILES string of the molecule is CC/C=C/C1CCCN1C(=O)C(F)(F)F. The van der Waals surface area contributed by atoms with Crippen LogP contribution in [-0.2, 0) is 4.79 Å². The van der Waals surface area contributed by atoms with Gasteiger partial charge in [0.05, 0.1) is 6.04 Å². The average Bonchev–Trinajstić information content (AvgIpc) is 2.59. The van der Waals surface area contributed by atoms with E-state index in [1.165, 1.54) is 0 Å². The lowest BCUT2D eigenvalue weighted by Gasteiger charge is -2.23. The Labute approximate surface area is 86.7 Å². The molecule has 0 spiro atoms. The fourth-order valence-electron chi connectivity index (χ4n) is 1.70. The first kappa shape index (κ1) is 12.1. The molecule has 1 fully saturated rings. The Morgan fingerprint density at radius 1 is 1.53 bits per heavy atom. The van der Waals surface area contributed by atoms with Crippen LogP contribution in [0.4, 0.5) is 13.2 Å². The van der Waals surface area contributed by atoms with E-state index >= 15 is 0 Å². The Hall–Kier alpha value is -1.00. The van der Waals surface area contributed by atoms with Crippen LogP contribution in [0.25, 0.3) is 0 Å².